The molecule has 6 heterocycles. The molecule has 11 nitrogen and oxygen atoms in total. The molecule has 2 aliphatic heterocycles. The van der Waals surface area contributed by atoms with Crippen LogP contribution in [-0.4, -0.2) is 40.6 Å². The summed E-state index contributed by atoms with van der Waals surface area (Å²) in [6.07, 6.45) is 1.78. The molecule has 0 bridgehead atoms. The molecule has 0 aliphatic carbocycles. The fourth-order valence-corrected chi connectivity index (χ4v) is 5.72. The van der Waals surface area contributed by atoms with Crippen LogP contribution in [0.5, 0.6) is 0 Å². The summed E-state index contributed by atoms with van der Waals surface area (Å²) in [4.78, 5) is 35.3. The zero-order valence-corrected chi connectivity index (χ0v) is 22.2. The second-order valence-corrected chi connectivity index (χ2v) is 10.4. The number of benzene rings is 1. The van der Waals surface area contributed by atoms with Gasteiger partial charge in [0.1, 0.15) is 23.9 Å². The lowest BCUT2D eigenvalue weighted by molar-refractivity contribution is -0.172. The number of carbonyl (C=O) groups excluding carboxylic acids is 1. The molecule has 4 aromatic heterocycles. The highest BCUT2D eigenvalue weighted by molar-refractivity contribution is 5.89. The summed E-state index contributed by atoms with van der Waals surface area (Å²) in [6, 6.07) is 10.00. The summed E-state index contributed by atoms with van der Waals surface area (Å²) in [6.45, 7) is 3.56. The third kappa shape index (κ3) is 3.67. The minimum Gasteiger partial charge on any atom is -0.458 e. The lowest BCUT2D eigenvalue weighted by atomic mass is 9.86. The maximum absolute atomic E-state index is 14.7. The van der Waals surface area contributed by atoms with Gasteiger partial charge in [-0.2, -0.15) is 0 Å². The van der Waals surface area contributed by atoms with Gasteiger partial charge in [0, 0.05) is 22.6 Å². The minimum absolute atomic E-state index is 0.0338. The van der Waals surface area contributed by atoms with Crippen molar-refractivity contribution in [2.75, 3.05) is 5.73 Å². The van der Waals surface area contributed by atoms with Gasteiger partial charge in [-0.1, -0.05) is 18.2 Å². The van der Waals surface area contributed by atoms with Crippen molar-refractivity contribution in [3.63, 3.8) is 0 Å². The molecule has 0 unspecified atom stereocenters. The predicted molar refractivity (Wildman–Crippen MR) is 146 cm³/mol. The molecule has 41 heavy (non-hydrogen) atoms. The highest BCUT2D eigenvalue weighted by Crippen LogP contribution is 2.40. The summed E-state index contributed by atoms with van der Waals surface area (Å²) < 4.78 is 23.1. The molecular weight excluding hydrogens is 529 g/mol. The number of aliphatic hydroxyl groups is 1. The summed E-state index contributed by atoms with van der Waals surface area (Å²) in [5.41, 5.74) is 8.41. The van der Waals surface area contributed by atoms with Crippen molar-refractivity contribution in [2.24, 2.45) is 0 Å². The van der Waals surface area contributed by atoms with Crippen LogP contribution in [0.4, 0.5) is 10.2 Å². The van der Waals surface area contributed by atoms with Gasteiger partial charge in [-0.3, -0.25) is 4.79 Å². The zero-order valence-electron chi connectivity index (χ0n) is 22.2. The molecule has 1 atom stereocenters. The largest absolute Gasteiger partial charge is 0.458 e. The van der Waals surface area contributed by atoms with E-state index in [1.165, 1.54) is 6.07 Å². The zero-order chi connectivity index (χ0) is 28.6. The number of aromatic nitrogens is 6. The Kier molecular flexibility index (Phi) is 5.35. The maximum atomic E-state index is 14.7. The maximum Gasteiger partial charge on any atom is 0.343 e. The number of cyclic esters (lactones) is 1. The van der Waals surface area contributed by atoms with E-state index in [0.29, 0.717) is 39.7 Å². The third-order valence-corrected chi connectivity index (χ3v) is 7.98. The average Bonchev–Trinajstić information content (AvgIpc) is 3.57. The number of hydrogen-bond donors (Lipinski definition) is 2. The fourth-order valence-electron chi connectivity index (χ4n) is 5.72. The van der Waals surface area contributed by atoms with E-state index < -0.39 is 17.4 Å². The highest BCUT2D eigenvalue weighted by atomic mass is 19.1. The van der Waals surface area contributed by atoms with Crippen LogP contribution in [0.1, 0.15) is 41.2 Å². The van der Waals surface area contributed by atoms with Crippen LogP contribution in [-0.2, 0) is 34.8 Å². The Labute approximate surface area is 232 Å². The van der Waals surface area contributed by atoms with E-state index in [-0.39, 0.29) is 42.8 Å². The number of aryl methyl sites for hydroxylation is 1. The second kappa shape index (κ2) is 8.77. The molecule has 0 saturated carbocycles. The Bertz CT molecular complexity index is 2000. The first-order valence-electron chi connectivity index (χ1n) is 13.1. The lowest BCUT2D eigenvalue weighted by Gasteiger charge is -2.31. The Balaban J connectivity index is 1.42. The first kappa shape index (κ1) is 25.0. The van der Waals surface area contributed by atoms with Gasteiger partial charge in [0.2, 0.25) is 0 Å². The topological polar surface area (TPSA) is 151 Å². The second-order valence-electron chi connectivity index (χ2n) is 10.4. The van der Waals surface area contributed by atoms with Crippen LogP contribution in [0.3, 0.4) is 0 Å². The molecule has 3 N–H and O–H groups in total. The smallest absolute Gasteiger partial charge is 0.343 e. The lowest BCUT2D eigenvalue weighted by Crippen LogP contribution is -2.44. The number of fused-ring (bicyclic) bond motifs is 5. The van der Waals surface area contributed by atoms with E-state index in [2.05, 4.69) is 15.3 Å². The molecule has 0 amide bonds. The fraction of sp³-hybridized carbons (Fsp3) is 0.241. The Morgan fingerprint density at radius 2 is 1.98 bits per heavy atom. The molecule has 206 valence electrons. The molecule has 5 aromatic rings. The highest BCUT2D eigenvalue weighted by Gasteiger charge is 2.45. The summed E-state index contributed by atoms with van der Waals surface area (Å²) >= 11 is 0. The van der Waals surface area contributed by atoms with Gasteiger partial charge in [-0.15, -0.1) is 5.10 Å². The first-order valence-corrected chi connectivity index (χ1v) is 13.1. The van der Waals surface area contributed by atoms with Crippen LogP contribution in [0.15, 0.2) is 47.4 Å². The van der Waals surface area contributed by atoms with Crippen molar-refractivity contribution in [3.05, 3.63) is 86.6 Å². The van der Waals surface area contributed by atoms with Crippen molar-refractivity contribution < 1.29 is 19.0 Å². The van der Waals surface area contributed by atoms with E-state index >= 15 is 0 Å². The molecular formula is C29H24FN7O4. The summed E-state index contributed by atoms with van der Waals surface area (Å²) in [7, 11) is 0. The van der Waals surface area contributed by atoms with E-state index in [0.717, 1.165) is 16.5 Å². The molecule has 7 rings (SSSR count). The Morgan fingerprint density at radius 1 is 1.15 bits per heavy atom. The Hall–Kier alpha value is -4.97. The number of nitrogen functional groups attached to an aromatic ring is 1. The number of nitrogens with zero attached hydrogens (tertiary/aromatic N) is 6. The Morgan fingerprint density at radius 3 is 2.76 bits per heavy atom. The van der Waals surface area contributed by atoms with E-state index in [9.17, 15) is 19.1 Å². The number of anilines is 1. The van der Waals surface area contributed by atoms with Crippen LogP contribution < -0.4 is 11.3 Å². The molecule has 0 saturated heterocycles. The van der Waals surface area contributed by atoms with Gasteiger partial charge in [-0.25, -0.2) is 23.8 Å². The van der Waals surface area contributed by atoms with Crippen LogP contribution in [0, 0.1) is 12.7 Å². The summed E-state index contributed by atoms with van der Waals surface area (Å²) in [5.74, 6) is -0.840. The minimum atomic E-state index is -1.94. The summed E-state index contributed by atoms with van der Waals surface area (Å²) in [5, 5.41) is 20.5. The molecule has 2 aliphatic rings. The van der Waals surface area contributed by atoms with Crippen molar-refractivity contribution in [3.8, 4) is 22.8 Å². The number of pyridine rings is 3. The van der Waals surface area contributed by atoms with Crippen molar-refractivity contribution in [1.82, 2.24) is 29.5 Å². The number of rotatable bonds is 4. The average molecular weight is 554 g/mol. The SMILES string of the molecule is CC[C@@]1(O)C(=O)OCc2c1cc1n(c2=O)Cc2c-1nc1cc(F)c(C)cc1c2Cn1cc(-c2cccc(N)n2)nn1. The standard InChI is InChI=1S/C29H24FN7O4/c1-3-29(40)19-8-24-26-17(11-37(24)27(38)18(19)13-41-28(29)39)16(15-7-14(2)20(30)9-22(15)33-26)10-36-12-23(34-35-36)21-5-4-6-25(31)32-21/h4-9,12,40H,3,10-11,13H2,1-2H3,(H2,31,32)/t29-/m0/s1. The normalized spacial score (nSPS) is 17.3. The quantitative estimate of drug-likeness (QED) is 0.314. The first-order chi connectivity index (χ1) is 19.7. The van der Waals surface area contributed by atoms with Crippen LogP contribution in [0.2, 0.25) is 0 Å². The van der Waals surface area contributed by atoms with E-state index in [1.807, 2.05) is 0 Å². The van der Waals surface area contributed by atoms with Crippen LogP contribution >= 0.6 is 0 Å². The van der Waals surface area contributed by atoms with E-state index in [4.69, 9.17) is 15.5 Å². The third-order valence-electron chi connectivity index (χ3n) is 7.98. The number of nitrogens with two attached hydrogens (primary N) is 1. The van der Waals surface area contributed by atoms with Crippen LogP contribution in [0.25, 0.3) is 33.7 Å². The van der Waals surface area contributed by atoms with E-state index in [1.54, 1.807) is 59.6 Å². The molecule has 0 spiro atoms. The molecule has 0 radical (unpaired) electrons. The van der Waals surface area contributed by atoms with Gasteiger partial charge < -0.3 is 20.1 Å². The van der Waals surface area contributed by atoms with Gasteiger partial charge in [0.15, 0.2) is 5.60 Å². The molecule has 12 heteroatoms. The predicted octanol–water partition coefficient (Wildman–Crippen LogP) is 2.81. The number of ether oxygens (including phenoxy) is 1. The molecule has 1 aromatic carbocycles. The van der Waals surface area contributed by atoms with Crippen molar-refractivity contribution >= 4 is 22.7 Å². The van der Waals surface area contributed by atoms with Gasteiger partial charge in [0.05, 0.1) is 47.4 Å². The molecule has 0 fully saturated rings. The van der Waals surface area contributed by atoms with Crippen molar-refractivity contribution in [1.29, 1.82) is 0 Å². The van der Waals surface area contributed by atoms with Gasteiger partial charge >= 0.3 is 5.97 Å². The number of carbonyl (C=O) groups is 1. The number of hydrogen-bond acceptors (Lipinski definition) is 9. The number of halogens is 1. The van der Waals surface area contributed by atoms with Crippen molar-refractivity contribution in [2.45, 2.75) is 45.6 Å². The number of esters is 1. The monoisotopic (exact) mass is 553 g/mol. The van der Waals surface area contributed by atoms with Gasteiger partial charge in [0.25, 0.3) is 5.56 Å². The van der Waals surface area contributed by atoms with Gasteiger partial charge in [-0.05, 0) is 48.7 Å².